The highest BCUT2D eigenvalue weighted by molar-refractivity contribution is 6.33. The van der Waals surface area contributed by atoms with Gasteiger partial charge < -0.3 is 16.4 Å². The first kappa shape index (κ1) is 16.5. The fourth-order valence-corrected chi connectivity index (χ4v) is 1.77. The zero-order valence-corrected chi connectivity index (χ0v) is 12.3. The summed E-state index contributed by atoms with van der Waals surface area (Å²) in [7, 11) is 0. The standard InChI is InChI=1S/C14H20ClN3O2/c1-2-3-4-13(19)18-12-9-10(5-6-11(12)15)17-14(20)7-8-16/h5-6,9H,2-4,7-8,16H2,1H3,(H,17,20)(H,18,19). The first-order chi connectivity index (χ1) is 9.56. The summed E-state index contributed by atoms with van der Waals surface area (Å²) in [5.41, 5.74) is 6.39. The van der Waals surface area contributed by atoms with E-state index in [1.807, 2.05) is 6.92 Å². The van der Waals surface area contributed by atoms with Crippen LogP contribution in [-0.4, -0.2) is 18.4 Å². The Hall–Kier alpha value is -1.59. The van der Waals surface area contributed by atoms with E-state index < -0.39 is 0 Å². The lowest BCUT2D eigenvalue weighted by Gasteiger charge is -2.10. The number of rotatable bonds is 7. The zero-order chi connectivity index (χ0) is 15.0. The first-order valence-electron chi connectivity index (χ1n) is 6.66. The molecule has 20 heavy (non-hydrogen) atoms. The van der Waals surface area contributed by atoms with Crippen LogP contribution in [0.4, 0.5) is 11.4 Å². The lowest BCUT2D eigenvalue weighted by molar-refractivity contribution is -0.116. The molecule has 0 unspecified atom stereocenters. The quantitative estimate of drug-likeness (QED) is 0.723. The number of carbonyl (C=O) groups is 2. The van der Waals surface area contributed by atoms with Gasteiger partial charge in [0.2, 0.25) is 11.8 Å². The maximum atomic E-state index is 11.7. The molecule has 0 aliphatic carbocycles. The lowest BCUT2D eigenvalue weighted by Crippen LogP contribution is -2.16. The number of benzene rings is 1. The molecular weight excluding hydrogens is 278 g/mol. The van der Waals surface area contributed by atoms with Crippen LogP contribution in [-0.2, 0) is 9.59 Å². The Labute approximate surface area is 123 Å². The minimum Gasteiger partial charge on any atom is -0.330 e. The van der Waals surface area contributed by atoms with E-state index in [0.29, 0.717) is 29.4 Å². The average Bonchev–Trinajstić information content (AvgIpc) is 2.40. The maximum absolute atomic E-state index is 11.7. The van der Waals surface area contributed by atoms with Crippen LogP contribution in [0.25, 0.3) is 0 Å². The molecule has 0 saturated carbocycles. The molecule has 0 aliphatic rings. The Kier molecular flexibility index (Phi) is 7.04. The van der Waals surface area contributed by atoms with Crippen LogP contribution in [0.2, 0.25) is 5.02 Å². The molecule has 2 amide bonds. The number of carbonyl (C=O) groups excluding carboxylic acids is 2. The predicted octanol–water partition coefficient (Wildman–Crippen LogP) is 2.76. The molecule has 0 bridgehead atoms. The number of anilines is 2. The van der Waals surface area contributed by atoms with E-state index in [0.717, 1.165) is 12.8 Å². The van der Waals surface area contributed by atoms with Gasteiger partial charge in [0.25, 0.3) is 0 Å². The normalized spacial score (nSPS) is 10.2. The number of amides is 2. The Morgan fingerprint density at radius 2 is 1.90 bits per heavy atom. The van der Waals surface area contributed by atoms with E-state index in [4.69, 9.17) is 17.3 Å². The van der Waals surface area contributed by atoms with Crippen molar-refractivity contribution in [3.8, 4) is 0 Å². The van der Waals surface area contributed by atoms with Crippen LogP contribution in [0.15, 0.2) is 18.2 Å². The van der Waals surface area contributed by atoms with Crippen LogP contribution < -0.4 is 16.4 Å². The zero-order valence-electron chi connectivity index (χ0n) is 11.5. The van der Waals surface area contributed by atoms with Gasteiger partial charge in [-0.05, 0) is 24.6 Å². The minimum atomic E-state index is -0.168. The van der Waals surface area contributed by atoms with E-state index in [2.05, 4.69) is 10.6 Å². The lowest BCUT2D eigenvalue weighted by atomic mass is 10.2. The Bertz CT molecular complexity index is 477. The Morgan fingerprint density at radius 3 is 2.55 bits per heavy atom. The molecule has 0 fully saturated rings. The molecule has 110 valence electrons. The van der Waals surface area contributed by atoms with Crippen LogP contribution in [0.1, 0.15) is 32.6 Å². The third-order valence-electron chi connectivity index (χ3n) is 2.65. The molecule has 6 heteroatoms. The van der Waals surface area contributed by atoms with Crippen LogP contribution in [0.5, 0.6) is 0 Å². The fraction of sp³-hybridized carbons (Fsp3) is 0.429. The number of halogens is 1. The molecule has 1 rings (SSSR count). The van der Waals surface area contributed by atoms with Crippen molar-refractivity contribution in [3.05, 3.63) is 23.2 Å². The molecule has 0 saturated heterocycles. The van der Waals surface area contributed by atoms with E-state index in [9.17, 15) is 9.59 Å². The van der Waals surface area contributed by atoms with Gasteiger partial charge in [0.1, 0.15) is 0 Å². The smallest absolute Gasteiger partial charge is 0.225 e. The number of unbranched alkanes of at least 4 members (excludes halogenated alkanes) is 1. The molecule has 0 heterocycles. The summed E-state index contributed by atoms with van der Waals surface area (Å²) in [6, 6.07) is 4.95. The SMILES string of the molecule is CCCCC(=O)Nc1cc(NC(=O)CCN)ccc1Cl. The molecule has 0 atom stereocenters. The van der Waals surface area contributed by atoms with Crippen LogP contribution >= 0.6 is 11.6 Å². The van der Waals surface area contributed by atoms with Crippen molar-refractivity contribution in [1.29, 1.82) is 0 Å². The minimum absolute atomic E-state index is 0.0841. The largest absolute Gasteiger partial charge is 0.330 e. The van der Waals surface area contributed by atoms with Crippen LogP contribution in [0.3, 0.4) is 0 Å². The Balaban J connectivity index is 2.71. The van der Waals surface area contributed by atoms with Crippen molar-refractivity contribution < 1.29 is 9.59 Å². The highest BCUT2D eigenvalue weighted by Crippen LogP contribution is 2.25. The number of hydrogen-bond donors (Lipinski definition) is 3. The summed E-state index contributed by atoms with van der Waals surface area (Å²) in [5, 5.41) is 5.88. The molecule has 5 nitrogen and oxygen atoms in total. The highest BCUT2D eigenvalue weighted by Gasteiger charge is 2.08. The van der Waals surface area contributed by atoms with E-state index in [1.165, 1.54) is 0 Å². The molecule has 0 radical (unpaired) electrons. The summed E-state index contributed by atoms with van der Waals surface area (Å²) in [5.74, 6) is -0.253. The topological polar surface area (TPSA) is 84.2 Å². The second-order valence-electron chi connectivity index (χ2n) is 4.43. The van der Waals surface area contributed by atoms with E-state index in [1.54, 1.807) is 18.2 Å². The van der Waals surface area contributed by atoms with E-state index >= 15 is 0 Å². The van der Waals surface area contributed by atoms with Gasteiger partial charge in [-0.25, -0.2) is 0 Å². The van der Waals surface area contributed by atoms with Crippen molar-refractivity contribution in [1.82, 2.24) is 0 Å². The monoisotopic (exact) mass is 297 g/mol. The third-order valence-corrected chi connectivity index (χ3v) is 2.98. The number of nitrogens with one attached hydrogen (secondary N) is 2. The molecule has 1 aromatic carbocycles. The summed E-state index contributed by atoms with van der Waals surface area (Å²) < 4.78 is 0. The van der Waals surface area contributed by atoms with Crippen molar-refractivity contribution in [2.75, 3.05) is 17.2 Å². The summed E-state index contributed by atoms with van der Waals surface area (Å²) in [6.07, 6.45) is 2.49. The van der Waals surface area contributed by atoms with Gasteiger partial charge in [-0.2, -0.15) is 0 Å². The van der Waals surface area contributed by atoms with Crippen LogP contribution in [0, 0.1) is 0 Å². The second-order valence-corrected chi connectivity index (χ2v) is 4.84. The van der Waals surface area contributed by atoms with Crippen molar-refractivity contribution in [3.63, 3.8) is 0 Å². The van der Waals surface area contributed by atoms with Gasteiger partial charge in [-0.1, -0.05) is 24.9 Å². The maximum Gasteiger partial charge on any atom is 0.225 e. The van der Waals surface area contributed by atoms with Gasteiger partial charge in [0.05, 0.1) is 10.7 Å². The molecule has 1 aromatic rings. The summed E-state index contributed by atoms with van der Waals surface area (Å²) in [6.45, 7) is 2.31. The molecule has 0 spiro atoms. The van der Waals surface area contributed by atoms with Gasteiger partial charge in [-0.15, -0.1) is 0 Å². The van der Waals surface area contributed by atoms with Gasteiger partial charge in [-0.3, -0.25) is 9.59 Å². The molecule has 0 aliphatic heterocycles. The highest BCUT2D eigenvalue weighted by atomic mass is 35.5. The Morgan fingerprint density at radius 1 is 1.20 bits per heavy atom. The first-order valence-corrected chi connectivity index (χ1v) is 7.04. The van der Waals surface area contributed by atoms with Gasteiger partial charge in [0, 0.05) is 25.1 Å². The van der Waals surface area contributed by atoms with Crippen molar-refractivity contribution in [2.24, 2.45) is 5.73 Å². The molecular formula is C14H20ClN3O2. The van der Waals surface area contributed by atoms with E-state index in [-0.39, 0.29) is 18.2 Å². The predicted molar refractivity (Wildman–Crippen MR) is 81.9 cm³/mol. The summed E-state index contributed by atoms with van der Waals surface area (Å²) in [4.78, 5) is 23.1. The summed E-state index contributed by atoms with van der Waals surface area (Å²) >= 11 is 6.02. The van der Waals surface area contributed by atoms with Gasteiger partial charge in [0.15, 0.2) is 0 Å². The van der Waals surface area contributed by atoms with Gasteiger partial charge >= 0.3 is 0 Å². The molecule has 4 N–H and O–H groups in total. The molecule has 0 aromatic heterocycles. The van der Waals surface area contributed by atoms with Crippen molar-refractivity contribution in [2.45, 2.75) is 32.6 Å². The van der Waals surface area contributed by atoms with Crippen molar-refractivity contribution >= 4 is 34.8 Å². The third kappa shape index (κ3) is 5.59. The second kappa shape index (κ2) is 8.55. The number of nitrogens with two attached hydrogens (primary N) is 1. The number of hydrogen-bond acceptors (Lipinski definition) is 3. The fourth-order valence-electron chi connectivity index (χ4n) is 1.60. The average molecular weight is 298 g/mol.